The van der Waals surface area contributed by atoms with Crippen LogP contribution in [0.2, 0.25) is 0 Å². The zero-order valence-corrected chi connectivity index (χ0v) is 15.5. The van der Waals surface area contributed by atoms with Crippen LogP contribution in [-0.2, 0) is 13.2 Å². The average molecular weight is 403 g/mol. The summed E-state index contributed by atoms with van der Waals surface area (Å²) in [6.45, 7) is 1.97. The van der Waals surface area contributed by atoms with Crippen molar-refractivity contribution in [1.29, 1.82) is 0 Å². The summed E-state index contributed by atoms with van der Waals surface area (Å²) in [6, 6.07) is 3.33. The molecule has 0 saturated heterocycles. The van der Waals surface area contributed by atoms with Gasteiger partial charge in [0.25, 0.3) is 5.88 Å². The Labute approximate surface area is 162 Å². The quantitative estimate of drug-likeness (QED) is 0.562. The minimum atomic E-state index is -4.74. The normalized spacial score (nSPS) is 11.9. The molecular weight excluding hydrogens is 387 g/mol. The van der Waals surface area contributed by atoms with E-state index >= 15 is 0 Å². The zero-order valence-electron chi connectivity index (χ0n) is 15.5. The van der Waals surface area contributed by atoms with Gasteiger partial charge in [-0.15, -0.1) is 0 Å². The lowest BCUT2D eigenvalue weighted by atomic mass is 10.1. The highest BCUT2D eigenvalue weighted by atomic mass is 19.4. The second kappa shape index (κ2) is 6.76. The van der Waals surface area contributed by atoms with E-state index in [0.717, 1.165) is 4.68 Å². The van der Waals surface area contributed by atoms with Gasteiger partial charge in [-0.1, -0.05) is 0 Å². The van der Waals surface area contributed by atoms with Crippen LogP contribution >= 0.6 is 0 Å². The lowest BCUT2D eigenvalue weighted by molar-refractivity contribution is -0.140. The fourth-order valence-electron chi connectivity index (χ4n) is 3.17. The molecule has 0 atom stereocenters. The molecule has 150 valence electrons. The Balaban J connectivity index is 2.03. The molecule has 0 aliphatic carbocycles. The summed E-state index contributed by atoms with van der Waals surface area (Å²) in [5.74, 6) is -0.221. The number of hydrogen-bond acceptors (Lipinski definition) is 6. The molecule has 4 aromatic rings. The maximum absolute atomic E-state index is 13.9. The van der Waals surface area contributed by atoms with Crippen molar-refractivity contribution < 1.29 is 17.9 Å². The Bertz CT molecular complexity index is 1200. The number of halogens is 3. The van der Waals surface area contributed by atoms with E-state index in [9.17, 15) is 13.2 Å². The van der Waals surface area contributed by atoms with Crippen LogP contribution < -0.4 is 10.5 Å². The topological polar surface area (TPSA) is 96.7 Å². The van der Waals surface area contributed by atoms with Crippen LogP contribution in [-0.4, -0.2) is 35.9 Å². The Morgan fingerprint density at radius 1 is 1.14 bits per heavy atom. The van der Waals surface area contributed by atoms with Crippen molar-refractivity contribution in [2.45, 2.75) is 13.1 Å². The third-order valence-corrected chi connectivity index (χ3v) is 4.32. The van der Waals surface area contributed by atoms with Crippen molar-refractivity contribution in [2.75, 3.05) is 12.3 Å². The largest absolute Gasteiger partial charge is 0.475 e. The van der Waals surface area contributed by atoms with Crippen LogP contribution in [0.1, 0.15) is 12.6 Å². The minimum Gasteiger partial charge on any atom is -0.475 e. The van der Waals surface area contributed by atoms with Crippen molar-refractivity contribution in [3.05, 3.63) is 42.6 Å². The number of alkyl halides is 3. The molecule has 0 spiro atoms. The number of anilines is 1. The molecule has 0 aromatic carbocycles. The van der Waals surface area contributed by atoms with Crippen LogP contribution in [0, 0.1) is 0 Å². The molecular formula is C18H16F3N7O. The average Bonchev–Trinajstić information content (AvgIpc) is 3.20. The molecule has 2 N–H and O–H groups in total. The van der Waals surface area contributed by atoms with Crippen molar-refractivity contribution in [2.24, 2.45) is 7.05 Å². The highest BCUT2D eigenvalue weighted by molar-refractivity contribution is 5.98. The van der Waals surface area contributed by atoms with Crippen LogP contribution in [0.25, 0.3) is 28.0 Å². The zero-order chi connectivity index (χ0) is 20.8. The first-order chi connectivity index (χ1) is 13.8. The summed E-state index contributed by atoms with van der Waals surface area (Å²) in [6.07, 6.45) is 1.07. The van der Waals surface area contributed by atoms with Gasteiger partial charge in [0.15, 0.2) is 5.69 Å². The SMILES string of the molecule is CCOc1nccnc1-n1nc(C(F)(F)F)c(-c2cn(C)c3ncccc23)c1N. The highest BCUT2D eigenvalue weighted by Gasteiger charge is 2.40. The van der Waals surface area contributed by atoms with Gasteiger partial charge in [-0.2, -0.15) is 23.0 Å². The number of nitrogens with zero attached hydrogens (tertiary/aromatic N) is 6. The summed E-state index contributed by atoms with van der Waals surface area (Å²) >= 11 is 0. The molecule has 0 fully saturated rings. The fourth-order valence-corrected chi connectivity index (χ4v) is 3.17. The Morgan fingerprint density at radius 3 is 2.62 bits per heavy atom. The van der Waals surface area contributed by atoms with Crippen molar-refractivity contribution in [3.8, 4) is 22.8 Å². The van der Waals surface area contributed by atoms with E-state index in [4.69, 9.17) is 10.5 Å². The van der Waals surface area contributed by atoms with Crippen molar-refractivity contribution in [1.82, 2.24) is 29.3 Å². The number of pyridine rings is 1. The standard InChI is InChI=1S/C18H16F3N7O/c1-3-29-17-16(24-7-8-25-17)28-14(22)12(13(26-28)18(19,20)21)11-9-27(2)15-10(11)5-4-6-23-15/h4-9H,3,22H2,1-2H3. The van der Waals surface area contributed by atoms with Gasteiger partial charge >= 0.3 is 6.18 Å². The predicted octanol–water partition coefficient (Wildman–Crippen LogP) is 3.22. The summed E-state index contributed by atoms with van der Waals surface area (Å²) in [5, 5.41) is 4.27. The van der Waals surface area contributed by atoms with Crippen LogP contribution in [0.15, 0.2) is 36.9 Å². The maximum atomic E-state index is 13.9. The number of hydrogen-bond donors (Lipinski definition) is 1. The first-order valence-electron chi connectivity index (χ1n) is 8.63. The number of ether oxygens (including phenoxy) is 1. The van der Waals surface area contributed by atoms with Gasteiger partial charge in [0.05, 0.1) is 12.2 Å². The third kappa shape index (κ3) is 3.04. The van der Waals surface area contributed by atoms with E-state index < -0.39 is 11.9 Å². The lowest BCUT2D eigenvalue weighted by Crippen LogP contribution is -2.10. The minimum absolute atomic E-state index is 0.0260. The van der Waals surface area contributed by atoms with Crippen molar-refractivity contribution >= 4 is 16.9 Å². The molecule has 0 bridgehead atoms. The molecule has 0 aliphatic rings. The molecule has 0 radical (unpaired) electrons. The summed E-state index contributed by atoms with van der Waals surface area (Å²) in [7, 11) is 1.70. The van der Waals surface area contributed by atoms with E-state index in [1.54, 1.807) is 43.1 Å². The molecule has 4 heterocycles. The first-order valence-corrected chi connectivity index (χ1v) is 8.63. The molecule has 29 heavy (non-hydrogen) atoms. The third-order valence-electron chi connectivity index (χ3n) is 4.32. The van der Waals surface area contributed by atoms with Gasteiger partial charge in [-0.25, -0.2) is 15.0 Å². The van der Waals surface area contributed by atoms with Crippen LogP contribution in [0.5, 0.6) is 5.88 Å². The van der Waals surface area contributed by atoms with Gasteiger partial charge in [0.1, 0.15) is 11.5 Å². The Kier molecular flexibility index (Phi) is 4.36. The number of aryl methyl sites for hydroxylation is 1. The van der Waals surface area contributed by atoms with E-state index in [1.165, 1.54) is 12.4 Å². The number of rotatable bonds is 4. The monoisotopic (exact) mass is 403 g/mol. The molecule has 0 unspecified atom stereocenters. The number of fused-ring (bicyclic) bond motifs is 1. The summed E-state index contributed by atoms with van der Waals surface area (Å²) in [4.78, 5) is 12.3. The molecule has 8 nitrogen and oxygen atoms in total. The molecule has 4 aromatic heterocycles. The van der Waals surface area contributed by atoms with Gasteiger partial charge in [0.2, 0.25) is 5.82 Å². The summed E-state index contributed by atoms with van der Waals surface area (Å²) < 4.78 is 49.6. The van der Waals surface area contributed by atoms with E-state index in [2.05, 4.69) is 20.1 Å². The molecule has 11 heteroatoms. The predicted molar refractivity (Wildman–Crippen MR) is 99.4 cm³/mol. The smallest absolute Gasteiger partial charge is 0.435 e. The Morgan fingerprint density at radius 2 is 1.90 bits per heavy atom. The van der Waals surface area contributed by atoms with Crippen LogP contribution in [0.3, 0.4) is 0 Å². The summed E-state index contributed by atoms with van der Waals surface area (Å²) in [5.41, 5.74) is 5.60. The second-order valence-corrected chi connectivity index (χ2v) is 6.16. The number of nitrogens with two attached hydrogens (primary N) is 1. The molecule has 0 amide bonds. The number of aromatic nitrogens is 6. The van der Waals surface area contributed by atoms with Gasteiger partial charge in [0, 0.05) is 42.8 Å². The van der Waals surface area contributed by atoms with Crippen LogP contribution in [0.4, 0.5) is 19.0 Å². The Hall–Kier alpha value is -3.63. The number of nitrogen functional groups attached to an aromatic ring is 1. The molecule has 4 rings (SSSR count). The lowest BCUT2D eigenvalue weighted by Gasteiger charge is -2.08. The van der Waals surface area contributed by atoms with Gasteiger partial charge in [-0.3, -0.25) is 0 Å². The van der Waals surface area contributed by atoms with E-state index in [1.807, 2.05) is 0 Å². The molecule has 0 saturated carbocycles. The highest BCUT2D eigenvalue weighted by Crippen LogP contribution is 2.43. The van der Waals surface area contributed by atoms with E-state index in [0.29, 0.717) is 11.0 Å². The fraction of sp³-hybridized carbons (Fsp3) is 0.222. The first kappa shape index (κ1) is 18.7. The molecule has 0 aliphatic heterocycles. The van der Waals surface area contributed by atoms with Gasteiger partial charge < -0.3 is 15.0 Å². The second-order valence-electron chi connectivity index (χ2n) is 6.16. The van der Waals surface area contributed by atoms with Crippen molar-refractivity contribution in [3.63, 3.8) is 0 Å². The van der Waals surface area contributed by atoms with Gasteiger partial charge in [-0.05, 0) is 19.1 Å². The maximum Gasteiger partial charge on any atom is 0.435 e. The van der Waals surface area contributed by atoms with E-state index in [-0.39, 0.29) is 35.2 Å².